The number of aryl methyl sites for hydroxylation is 2. The molecule has 1 N–H and O–H groups in total. The molecule has 0 radical (unpaired) electrons. The van der Waals surface area contributed by atoms with E-state index in [0.29, 0.717) is 26.1 Å². The summed E-state index contributed by atoms with van der Waals surface area (Å²) in [5.41, 5.74) is 2.17. The lowest BCUT2D eigenvalue weighted by Crippen LogP contribution is -2.53. The number of aliphatic hydroxyl groups is 1. The summed E-state index contributed by atoms with van der Waals surface area (Å²) in [5.74, 6) is 0.917. The Morgan fingerprint density at radius 3 is 2.56 bits per heavy atom. The summed E-state index contributed by atoms with van der Waals surface area (Å²) in [7, 11) is 0. The summed E-state index contributed by atoms with van der Waals surface area (Å²) in [4.78, 5) is 13.3. The van der Waals surface area contributed by atoms with Crippen molar-refractivity contribution >= 4 is 5.91 Å². The molecule has 0 bridgehead atoms. The van der Waals surface area contributed by atoms with Crippen molar-refractivity contribution in [2.75, 3.05) is 19.7 Å². The van der Waals surface area contributed by atoms with Crippen molar-refractivity contribution in [2.45, 2.75) is 26.4 Å². The maximum atomic E-state index is 11.7. The molecule has 1 aromatic carbocycles. The summed E-state index contributed by atoms with van der Waals surface area (Å²) < 4.78 is 5.67. The maximum Gasteiger partial charge on any atom is 0.226 e. The van der Waals surface area contributed by atoms with Gasteiger partial charge in [0, 0.05) is 13.1 Å². The smallest absolute Gasteiger partial charge is 0.226 e. The highest BCUT2D eigenvalue weighted by atomic mass is 16.5. The van der Waals surface area contributed by atoms with Gasteiger partial charge in [-0.05, 0) is 25.0 Å². The largest absolute Gasteiger partial charge is 0.493 e. The minimum Gasteiger partial charge on any atom is -0.493 e. The van der Waals surface area contributed by atoms with Gasteiger partial charge >= 0.3 is 0 Å². The van der Waals surface area contributed by atoms with Crippen molar-refractivity contribution in [3.8, 4) is 5.75 Å². The number of carbonyl (C=O) groups is 1. The van der Waals surface area contributed by atoms with E-state index < -0.39 is 0 Å². The fourth-order valence-corrected chi connectivity index (χ4v) is 2.08. The van der Waals surface area contributed by atoms with Crippen LogP contribution in [0.5, 0.6) is 5.75 Å². The Morgan fingerprint density at radius 1 is 1.39 bits per heavy atom. The van der Waals surface area contributed by atoms with Crippen LogP contribution in [-0.4, -0.2) is 41.7 Å². The molecule has 4 nitrogen and oxygen atoms in total. The fraction of sp³-hybridized carbons (Fsp3) is 0.500. The summed E-state index contributed by atoms with van der Waals surface area (Å²) >= 11 is 0. The number of ether oxygens (including phenoxy) is 1. The first-order chi connectivity index (χ1) is 8.58. The number of hydrogen-bond acceptors (Lipinski definition) is 3. The Bertz CT molecular complexity index is 418. The minimum atomic E-state index is -0.339. The molecule has 18 heavy (non-hydrogen) atoms. The monoisotopic (exact) mass is 249 g/mol. The third-order valence-corrected chi connectivity index (χ3v) is 3.19. The number of likely N-dealkylation sites (tertiary alicyclic amines) is 1. The SMILES string of the molecule is Cc1cccc(C)c1OCCC(=O)N1CC(O)C1. The Morgan fingerprint density at radius 2 is 2.00 bits per heavy atom. The molecule has 4 heteroatoms. The second kappa shape index (κ2) is 5.40. The molecule has 1 amide bonds. The second-order valence-corrected chi connectivity index (χ2v) is 4.77. The molecule has 1 saturated heterocycles. The predicted molar refractivity (Wildman–Crippen MR) is 68.6 cm³/mol. The average molecular weight is 249 g/mol. The van der Waals surface area contributed by atoms with Crippen LogP contribution < -0.4 is 4.74 Å². The van der Waals surface area contributed by atoms with Gasteiger partial charge in [-0.15, -0.1) is 0 Å². The number of carbonyl (C=O) groups excluding carboxylic acids is 1. The van der Waals surface area contributed by atoms with Crippen LogP contribution in [0.15, 0.2) is 18.2 Å². The van der Waals surface area contributed by atoms with Crippen LogP contribution in [0.3, 0.4) is 0 Å². The number of amides is 1. The summed E-state index contributed by atoms with van der Waals surface area (Å²) in [5, 5.41) is 9.12. The van der Waals surface area contributed by atoms with Crippen LogP contribution in [0, 0.1) is 13.8 Å². The number of rotatable bonds is 4. The van der Waals surface area contributed by atoms with Crippen LogP contribution in [0.25, 0.3) is 0 Å². The standard InChI is InChI=1S/C14H19NO3/c1-10-4-3-5-11(2)14(10)18-7-6-13(17)15-8-12(16)9-15/h3-5,12,16H,6-9H2,1-2H3. The summed E-state index contributed by atoms with van der Waals surface area (Å²) in [6.07, 6.45) is 0.0222. The molecule has 0 aliphatic carbocycles. The average Bonchev–Trinajstić information content (AvgIpc) is 2.28. The molecule has 0 spiro atoms. The highest BCUT2D eigenvalue weighted by Crippen LogP contribution is 2.22. The molecule has 0 unspecified atom stereocenters. The van der Waals surface area contributed by atoms with Crippen molar-refractivity contribution in [3.63, 3.8) is 0 Å². The van der Waals surface area contributed by atoms with Gasteiger partial charge in [-0.2, -0.15) is 0 Å². The zero-order chi connectivity index (χ0) is 13.1. The van der Waals surface area contributed by atoms with Gasteiger partial charge < -0.3 is 14.7 Å². The topological polar surface area (TPSA) is 49.8 Å². The number of para-hydroxylation sites is 1. The van der Waals surface area contributed by atoms with Gasteiger partial charge in [-0.25, -0.2) is 0 Å². The van der Waals surface area contributed by atoms with Gasteiger partial charge in [0.25, 0.3) is 0 Å². The van der Waals surface area contributed by atoms with E-state index in [4.69, 9.17) is 9.84 Å². The third-order valence-electron chi connectivity index (χ3n) is 3.19. The minimum absolute atomic E-state index is 0.0477. The van der Waals surface area contributed by atoms with E-state index in [2.05, 4.69) is 0 Å². The fourth-order valence-electron chi connectivity index (χ4n) is 2.08. The number of β-amino-alcohol motifs (C(OH)–C–C–N with tert-alkyl or cyclic N) is 1. The van der Waals surface area contributed by atoms with E-state index in [-0.39, 0.29) is 12.0 Å². The van der Waals surface area contributed by atoms with Gasteiger partial charge in [0.05, 0.1) is 19.1 Å². The van der Waals surface area contributed by atoms with Crippen LogP contribution >= 0.6 is 0 Å². The second-order valence-electron chi connectivity index (χ2n) is 4.77. The molecule has 1 aliphatic heterocycles. The molecule has 0 atom stereocenters. The van der Waals surface area contributed by atoms with Crippen LogP contribution in [0.2, 0.25) is 0 Å². The van der Waals surface area contributed by atoms with Gasteiger partial charge in [-0.1, -0.05) is 18.2 Å². The Balaban J connectivity index is 1.80. The third kappa shape index (κ3) is 2.82. The quantitative estimate of drug-likeness (QED) is 0.874. The number of hydrogen-bond donors (Lipinski definition) is 1. The van der Waals surface area contributed by atoms with E-state index >= 15 is 0 Å². The first-order valence-corrected chi connectivity index (χ1v) is 6.23. The number of benzene rings is 1. The molecular formula is C14H19NO3. The molecule has 1 aromatic rings. The number of nitrogens with zero attached hydrogens (tertiary/aromatic N) is 1. The molecule has 0 aromatic heterocycles. The van der Waals surface area contributed by atoms with Crippen LogP contribution in [0.1, 0.15) is 17.5 Å². The lowest BCUT2D eigenvalue weighted by molar-refractivity contribution is -0.141. The Kier molecular flexibility index (Phi) is 3.87. The lowest BCUT2D eigenvalue weighted by Gasteiger charge is -2.35. The van der Waals surface area contributed by atoms with Crippen molar-refractivity contribution in [2.24, 2.45) is 0 Å². The van der Waals surface area contributed by atoms with Gasteiger partial charge in [0.2, 0.25) is 5.91 Å². The van der Waals surface area contributed by atoms with E-state index in [0.717, 1.165) is 16.9 Å². The molecule has 0 saturated carbocycles. The zero-order valence-electron chi connectivity index (χ0n) is 10.8. The van der Waals surface area contributed by atoms with Gasteiger partial charge in [0.1, 0.15) is 5.75 Å². The van der Waals surface area contributed by atoms with Gasteiger partial charge in [-0.3, -0.25) is 4.79 Å². The van der Waals surface area contributed by atoms with Crippen molar-refractivity contribution in [1.29, 1.82) is 0 Å². The van der Waals surface area contributed by atoms with E-state index in [1.165, 1.54) is 0 Å². The zero-order valence-corrected chi connectivity index (χ0v) is 10.8. The molecule has 98 valence electrons. The van der Waals surface area contributed by atoms with E-state index in [9.17, 15) is 4.79 Å². The maximum absolute atomic E-state index is 11.7. The molecule has 2 rings (SSSR count). The molecule has 1 fully saturated rings. The van der Waals surface area contributed by atoms with Crippen molar-refractivity contribution in [3.05, 3.63) is 29.3 Å². The summed E-state index contributed by atoms with van der Waals surface area (Å²) in [6.45, 7) is 5.30. The van der Waals surface area contributed by atoms with E-state index in [1.54, 1.807) is 4.90 Å². The summed E-state index contributed by atoms with van der Waals surface area (Å²) in [6, 6.07) is 5.98. The van der Waals surface area contributed by atoms with Crippen LogP contribution in [0.4, 0.5) is 0 Å². The molecule has 1 heterocycles. The first-order valence-electron chi connectivity index (χ1n) is 6.23. The van der Waals surface area contributed by atoms with Crippen molar-refractivity contribution in [1.82, 2.24) is 4.90 Å². The molecule has 1 aliphatic rings. The highest BCUT2D eigenvalue weighted by Gasteiger charge is 2.28. The Hall–Kier alpha value is -1.55. The van der Waals surface area contributed by atoms with Crippen molar-refractivity contribution < 1.29 is 14.6 Å². The first kappa shape index (κ1) is 12.9. The Labute approximate surface area is 107 Å². The predicted octanol–water partition coefficient (Wildman–Crippen LogP) is 1.28. The van der Waals surface area contributed by atoms with E-state index in [1.807, 2.05) is 32.0 Å². The van der Waals surface area contributed by atoms with Crippen LogP contribution in [-0.2, 0) is 4.79 Å². The number of aliphatic hydroxyl groups excluding tert-OH is 1. The normalized spacial score (nSPS) is 15.4. The van der Waals surface area contributed by atoms with Gasteiger partial charge in [0.15, 0.2) is 0 Å². The molecular weight excluding hydrogens is 230 g/mol. The highest BCUT2D eigenvalue weighted by molar-refractivity contribution is 5.77. The lowest BCUT2D eigenvalue weighted by atomic mass is 10.1.